The van der Waals surface area contributed by atoms with E-state index in [2.05, 4.69) is 42.3 Å². The molecule has 0 rings (SSSR count). The molecule has 0 aromatic heterocycles. The van der Waals surface area contributed by atoms with Gasteiger partial charge in [-0.2, -0.15) is 0 Å². The van der Waals surface area contributed by atoms with Gasteiger partial charge in [0.25, 0.3) is 0 Å². The molecule has 0 fully saturated rings. The molecule has 0 saturated carbocycles. The summed E-state index contributed by atoms with van der Waals surface area (Å²) < 4.78 is 11.2. The van der Waals surface area contributed by atoms with E-state index in [1.807, 2.05) is 0 Å². The summed E-state index contributed by atoms with van der Waals surface area (Å²) in [4.78, 5) is 18.9. The van der Waals surface area contributed by atoms with Gasteiger partial charge < -0.3 is 33.5 Å². The molecule has 0 aromatic rings. The van der Waals surface area contributed by atoms with Crippen molar-refractivity contribution in [2.75, 3.05) is 74.8 Å². The van der Waals surface area contributed by atoms with Gasteiger partial charge in [0, 0.05) is 0 Å². The average Bonchev–Trinajstić information content (AvgIpc) is 2.14. The summed E-state index contributed by atoms with van der Waals surface area (Å²) in [5, 5.41) is 16.8. The molecule has 126 valence electrons. The van der Waals surface area contributed by atoms with Gasteiger partial charge in [-0.05, 0) is 6.16 Å². The Morgan fingerprint density at radius 1 is 0.850 bits per heavy atom. The molecule has 0 radical (unpaired) electrons. The van der Waals surface area contributed by atoms with Crippen molar-refractivity contribution in [1.29, 1.82) is 0 Å². The van der Waals surface area contributed by atoms with Crippen LogP contribution >= 0.6 is 7.60 Å². The quantitative estimate of drug-likeness (QED) is 0.464. The van der Waals surface area contributed by atoms with E-state index in [0.717, 1.165) is 22.1 Å². The summed E-state index contributed by atoms with van der Waals surface area (Å²) in [6, 6.07) is 0. The fraction of sp³-hybridized carbons (Fsp3) is 1.00. The van der Waals surface area contributed by atoms with E-state index < -0.39 is 7.60 Å². The Bertz CT molecular complexity index is 240. The molecule has 7 nitrogen and oxygen atoms in total. The maximum absolute atomic E-state index is 9.47. The minimum absolute atomic E-state index is 0.281. The lowest BCUT2D eigenvalue weighted by Gasteiger charge is -2.26. The van der Waals surface area contributed by atoms with Crippen LogP contribution in [0.3, 0.4) is 0 Å². The van der Waals surface area contributed by atoms with Gasteiger partial charge in [0.05, 0.1) is 55.5 Å². The van der Waals surface area contributed by atoms with E-state index in [1.54, 1.807) is 0 Å². The Hall–Kier alpha value is -0.0100. The molecule has 2 N–H and O–H groups in total. The minimum atomic E-state index is -4.15. The van der Waals surface area contributed by atoms with Crippen LogP contribution in [0.5, 0.6) is 0 Å². The van der Waals surface area contributed by atoms with Crippen molar-refractivity contribution in [1.82, 2.24) is 0 Å². The molecule has 0 heterocycles. The van der Waals surface area contributed by atoms with Crippen LogP contribution in [0.4, 0.5) is 0 Å². The zero-order valence-electron chi connectivity index (χ0n) is 14.0. The highest BCUT2D eigenvalue weighted by atomic mass is 31.2. The van der Waals surface area contributed by atoms with Crippen LogP contribution < -0.4 is 9.79 Å². The Morgan fingerprint density at radius 2 is 1.05 bits per heavy atom. The first-order chi connectivity index (χ1) is 8.68. The average molecular weight is 316 g/mol. The van der Waals surface area contributed by atoms with Crippen molar-refractivity contribution in [2.45, 2.75) is 6.92 Å². The molecule has 0 aliphatic rings. The Balaban J connectivity index is -0.000000218. The van der Waals surface area contributed by atoms with E-state index in [0.29, 0.717) is 0 Å². The molecular weight excluding hydrogens is 283 g/mol. The largest absolute Gasteiger partial charge is 0.811 e. The number of aliphatic hydroxyl groups excluding tert-OH is 2. The number of likely N-dealkylation sites (N-methyl/N-ethyl adjacent to an activating group) is 2. The third-order valence-corrected chi connectivity index (χ3v) is 2.70. The van der Waals surface area contributed by atoms with Crippen molar-refractivity contribution < 1.29 is 33.5 Å². The van der Waals surface area contributed by atoms with Gasteiger partial charge in [0.2, 0.25) is 0 Å². The second-order valence-electron chi connectivity index (χ2n) is 6.40. The Morgan fingerprint density at radius 3 is 1.05 bits per heavy atom. The zero-order valence-corrected chi connectivity index (χ0v) is 14.9. The summed E-state index contributed by atoms with van der Waals surface area (Å²) in [6.07, 6.45) is -0.285. The van der Waals surface area contributed by atoms with E-state index in [-0.39, 0.29) is 19.4 Å². The third-order valence-electron chi connectivity index (χ3n) is 1.93. The fourth-order valence-corrected chi connectivity index (χ4v) is 0.600. The van der Waals surface area contributed by atoms with E-state index in [4.69, 9.17) is 10.2 Å². The lowest BCUT2D eigenvalue weighted by molar-refractivity contribution is -0.870. The van der Waals surface area contributed by atoms with Crippen LogP contribution in [0.15, 0.2) is 0 Å². The molecule has 0 bridgehead atoms. The smallest absolute Gasteiger partial charge is 0.101 e. The summed E-state index contributed by atoms with van der Waals surface area (Å²) in [5.74, 6) is 0. The highest BCUT2D eigenvalue weighted by molar-refractivity contribution is 7.48. The van der Waals surface area contributed by atoms with Crippen molar-refractivity contribution in [3.8, 4) is 0 Å². The number of aliphatic hydroxyl groups is 2. The molecule has 0 saturated heterocycles. The highest BCUT2D eigenvalue weighted by Gasteiger charge is 2.02. The molecule has 8 heteroatoms. The van der Waals surface area contributed by atoms with E-state index in [9.17, 15) is 14.4 Å². The van der Waals surface area contributed by atoms with Crippen LogP contribution in [-0.2, 0) is 4.57 Å². The van der Waals surface area contributed by atoms with Gasteiger partial charge in [0.15, 0.2) is 0 Å². The van der Waals surface area contributed by atoms with Crippen LogP contribution in [0, 0.1) is 0 Å². The monoisotopic (exact) mass is 316 g/mol. The lowest BCUT2D eigenvalue weighted by atomic mass is 10.5. The Kier molecular flexibility index (Phi) is 14.5. The van der Waals surface area contributed by atoms with Gasteiger partial charge in [-0.3, -0.25) is 0 Å². The molecule has 0 amide bonds. The van der Waals surface area contributed by atoms with Gasteiger partial charge in [-0.1, -0.05) is 14.5 Å². The fourth-order valence-electron chi connectivity index (χ4n) is 0.600. The van der Waals surface area contributed by atoms with Gasteiger partial charge >= 0.3 is 0 Å². The molecule has 0 unspecified atom stereocenters. The van der Waals surface area contributed by atoms with Crippen molar-refractivity contribution in [3.05, 3.63) is 0 Å². The maximum Gasteiger partial charge on any atom is 0.101 e. The zero-order chi connectivity index (χ0) is 17.0. The first-order valence-electron chi connectivity index (χ1n) is 6.52. The number of nitrogens with zero attached hydrogens (tertiary/aromatic N) is 2. The van der Waals surface area contributed by atoms with Crippen molar-refractivity contribution in [2.24, 2.45) is 0 Å². The molecule has 0 spiro atoms. The van der Waals surface area contributed by atoms with Crippen molar-refractivity contribution in [3.63, 3.8) is 0 Å². The number of quaternary nitrogens is 2. The number of rotatable bonds is 5. The van der Waals surface area contributed by atoms with Crippen LogP contribution in [0.2, 0.25) is 0 Å². The Labute approximate surface area is 123 Å². The first kappa shape index (κ1) is 25.0. The van der Waals surface area contributed by atoms with Crippen molar-refractivity contribution >= 4 is 7.60 Å². The second kappa shape index (κ2) is 11.6. The van der Waals surface area contributed by atoms with Gasteiger partial charge in [-0.25, -0.2) is 0 Å². The van der Waals surface area contributed by atoms with Gasteiger partial charge in [-0.15, -0.1) is 0 Å². The second-order valence-corrected chi connectivity index (χ2v) is 8.26. The van der Waals surface area contributed by atoms with E-state index >= 15 is 0 Å². The maximum atomic E-state index is 9.47. The highest BCUT2D eigenvalue weighted by Crippen LogP contribution is 2.19. The standard InChI is InChI=1S/2C5H14NO.C2H7O3P/c2*1-6(2,3)4-5-7;1-2-6(3,4)5/h2*7H,4-5H2,1-3H3;2H2,1H3,(H2,3,4,5)/q2*+1;/p-2. The predicted molar refractivity (Wildman–Crippen MR) is 78.1 cm³/mol. The normalized spacial score (nSPS) is 11.9. The molecule has 0 aliphatic heterocycles. The van der Waals surface area contributed by atoms with Crippen LogP contribution in [0.1, 0.15) is 6.92 Å². The van der Waals surface area contributed by atoms with Gasteiger partial charge in [0.1, 0.15) is 13.1 Å². The molecule has 20 heavy (non-hydrogen) atoms. The first-order valence-corrected chi connectivity index (χ1v) is 8.25. The van der Waals surface area contributed by atoms with E-state index in [1.165, 1.54) is 6.92 Å². The topological polar surface area (TPSA) is 104 Å². The van der Waals surface area contributed by atoms with Crippen LogP contribution in [-0.4, -0.2) is 93.9 Å². The minimum Gasteiger partial charge on any atom is -0.811 e. The summed E-state index contributed by atoms with van der Waals surface area (Å²) >= 11 is 0. The number of hydrogen-bond acceptors (Lipinski definition) is 5. The lowest BCUT2D eigenvalue weighted by Crippen LogP contribution is -2.36. The summed E-state index contributed by atoms with van der Waals surface area (Å²) in [6.45, 7) is 3.55. The predicted octanol–water partition coefficient (Wildman–Crippen LogP) is -1.71. The molecular formula is C12H33N2O5P. The number of hydrogen-bond donors (Lipinski definition) is 2. The molecule has 0 atom stereocenters. The summed E-state index contributed by atoms with van der Waals surface area (Å²) in [7, 11) is 8.16. The SMILES string of the molecule is CCP(=O)([O-])[O-].C[N+](C)(C)CCO.C[N+](C)(C)CCO. The molecule has 0 aromatic carbocycles. The summed E-state index contributed by atoms with van der Waals surface area (Å²) in [5.41, 5.74) is 0. The van der Waals surface area contributed by atoms with Crippen LogP contribution in [0.25, 0.3) is 0 Å². The molecule has 0 aliphatic carbocycles. The third kappa shape index (κ3) is 43.0.